The highest BCUT2D eigenvalue weighted by molar-refractivity contribution is 5.78. The van der Waals surface area contributed by atoms with Gasteiger partial charge in [0.15, 0.2) is 0 Å². The molecule has 0 saturated carbocycles. The number of ether oxygens (including phenoxy) is 2. The minimum Gasteiger partial charge on any atom is -0.426 e. The van der Waals surface area contributed by atoms with Gasteiger partial charge in [0, 0.05) is 18.6 Å². The van der Waals surface area contributed by atoms with E-state index in [0.29, 0.717) is 17.1 Å². The van der Waals surface area contributed by atoms with Gasteiger partial charge >= 0.3 is 11.9 Å². The van der Waals surface area contributed by atoms with Crippen LogP contribution in [0.5, 0.6) is 11.5 Å². The molecule has 4 nitrogen and oxygen atoms in total. The third-order valence-electron chi connectivity index (χ3n) is 2.28. The fourth-order valence-corrected chi connectivity index (χ4v) is 1.25. The highest BCUT2D eigenvalue weighted by Gasteiger charge is 2.24. The van der Waals surface area contributed by atoms with Crippen molar-refractivity contribution in [1.82, 2.24) is 0 Å². The Bertz CT molecular complexity index is 509. The van der Waals surface area contributed by atoms with Crippen molar-refractivity contribution in [1.29, 1.82) is 0 Å². The van der Waals surface area contributed by atoms with E-state index in [1.165, 1.54) is 13.0 Å². The summed E-state index contributed by atoms with van der Waals surface area (Å²) in [6.07, 6.45) is 1.56. The molecule has 0 radical (unpaired) electrons. The average molecular weight is 262 g/mol. The zero-order valence-electron chi connectivity index (χ0n) is 11.6. The fraction of sp³-hybridized carbons (Fsp3) is 0.333. The van der Waals surface area contributed by atoms with Crippen LogP contribution in [0.15, 0.2) is 24.8 Å². The maximum absolute atomic E-state index is 11.8. The maximum atomic E-state index is 11.8. The lowest BCUT2D eigenvalue weighted by molar-refractivity contribution is -0.143. The summed E-state index contributed by atoms with van der Waals surface area (Å²) < 4.78 is 10.3. The lowest BCUT2D eigenvalue weighted by atomic mass is 9.97. The average Bonchev–Trinajstić information content (AvgIpc) is 2.27. The van der Waals surface area contributed by atoms with E-state index >= 15 is 0 Å². The number of carbonyl (C=O) groups is 2. The summed E-state index contributed by atoms with van der Waals surface area (Å²) in [7, 11) is 0. The Kier molecular flexibility index (Phi) is 4.48. The van der Waals surface area contributed by atoms with Crippen molar-refractivity contribution in [3.05, 3.63) is 30.3 Å². The molecule has 0 aliphatic heterocycles. The second-order valence-corrected chi connectivity index (χ2v) is 5.14. The van der Waals surface area contributed by atoms with Gasteiger partial charge < -0.3 is 9.47 Å². The Labute approximate surface area is 113 Å². The minimum absolute atomic E-state index is 0.321. The first-order valence-electron chi connectivity index (χ1n) is 5.91. The Balaban J connectivity index is 3.01. The number of carbonyl (C=O) groups excluding carboxylic acids is 2. The standard InChI is InChI=1S/C15H18O4/c1-6-11-7-8-12(9-13(11)18-10(2)16)19-14(17)15(3,4)5/h6-9H,1H2,2-5H3. The van der Waals surface area contributed by atoms with Gasteiger partial charge in [-0.05, 0) is 32.9 Å². The first-order chi connectivity index (χ1) is 8.74. The SMILES string of the molecule is C=Cc1ccc(OC(=O)C(C)(C)C)cc1OC(C)=O. The molecule has 0 aliphatic rings. The zero-order chi connectivity index (χ0) is 14.6. The van der Waals surface area contributed by atoms with Crippen LogP contribution in [0.3, 0.4) is 0 Å². The van der Waals surface area contributed by atoms with Crippen molar-refractivity contribution in [3.8, 4) is 11.5 Å². The molecule has 0 saturated heterocycles. The topological polar surface area (TPSA) is 52.6 Å². The fourth-order valence-electron chi connectivity index (χ4n) is 1.25. The smallest absolute Gasteiger partial charge is 0.316 e. The van der Waals surface area contributed by atoms with Gasteiger partial charge in [-0.25, -0.2) is 0 Å². The normalized spacial score (nSPS) is 10.7. The Hall–Kier alpha value is -2.10. The zero-order valence-corrected chi connectivity index (χ0v) is 11.6. The Morgan fingerprint density at radius 2 is 1.84 bits per heavy atom. The molecule has 0 N–H and O–H groups in total. The predicted molar refractivity (Wildman–Crippen MR) is 72.9 cm³/mol. The largest absolute Gasteiger partial charge is 0.426 e. The molecule has 0 spiro atoms. The summed E-state index contributed by atoms with van der Waals surface area (Å²) >= 11 is 0. The third-order valence-corrected chi connectivity index (χ3v) is 2.28. The van der Waals surface area contributed by atoms with E-state index in [1.807, 2.05) is 0 Å². The summed E-state index contributed by atoms with van der Waals surface area (Å²) in [5, 5.41) is 0. The molecule has 19 heavy (non-hydrogen) atoms. The quantitative estimate of drug-likeness (QED) is 0.620. The van der Waals surface area contributed by atoms with Crippen LogP contribution in [-0.2, 0) is 9.59 Å². The first-order valence-corrected chi connectivity index (χ1v) is 5.91. The molecule has 102 valence electrons. The van der Waals surface area contributed by atoms with Crippen molar-refractivity contribution in [3.63, 3.8) is 0 Å². The van der Waals surface area contributed by atoms with Crippen LogP contribution in [0, 0.1) is 5.41 Å². The summed E-state index contributed by atoms with van der Waals surface area (Å²) in [5.41, 5.74) is 0.0596. The number of benzene rings is 1. The summed E-state index contributed by atoms with van der Waals surface area (Å²) in [5.74, 6) is -0.140. The molecule has 0 bridgehead atoms. The molecule has 0 amide bonds. The minimum atomic E-state index is -0.599. The highest BCUT2D eigenvalue weighted by Crippen LogP contribution is 2.27. The van der Waals surface area contributed by atoms with Gasteiger partial charge in [0.1, 0.15) is 11.5 Å². The number of rotatable bonds is 3. The monoisotopic (exact) mass is 262 g/mol. The maximum Gasteiger partial charge on any atom is 0.316 e. The second kappa shape index (κ2) is 5.69. The molecule has 0 atom stereocenters. The van der Waals surface area contributed by atoms with Crippen LogP contribution in [0.1, 0.15) is 33.3 Å². The summed E-state index contributed by atoms with van der Waals surface area (Å²) in [6.45, 7) is 10.2. The number of esters is 2. The van der Waals surface area contributed by atoms with Gasteiger partial charge in [0.05, 0.1) is 5.41 Å². The molecular formula is C15H18O4. The van der Waals surface area contributed by atoms with Crippen LogP contribution < -0.4 is 9.47 Å². The van der Waals surface area contributed by atoms with E-state index < -0.39 is 11.4 Å². The van der Waals surface area contributed by atoms with E-state index in [0.717, 1.165) is 0 Å². The van der Waals surface area contributed by atoms with E-state index in [2.05, 4.69) is 6.58 Å². The molecule has 0 aliphatic carbocycles. The van der Waals surface area contributed by atoms with Crippen molar-refractivity contribution in [2.75, 3.05) is 0 Å². The van der Waals surface area contributed by atoms with Gasteiger partial charge in [-0.2, -0.15) is 0 Å². The lowest BCUT2D eigenvalue weighted by Crippen LogP contribution is -2.25. The van der Waals surface area contributed by atoms with E-state index in [1.54, 1.807) is 39.0 Å². The Morgan fingerprint density at radius 1 is 1.21 bits per heavy atom. The molecule has 1 rings (SSSR count). The Morgan fingerprint density at radius 3 is 2.32 bits per heavy atom. The van der Waals surface area contributed by atoms with Crippen molar-refractivity contribution < 1.29 is 19.1 Å². The van der Waals surface area contributed by atoms with Crippen molar-refractivity contribution in [2.45, 2.75) is 27.7 Å². The number of hydrogen-bond acceptors (Lipinski definition) is 4. The molecule has 0 unspecified atom stereocenters. The van der Waals surface area contributed by atoms with Crippen LogP contribution in [0.4, 0.5) is 0 Å². The lowest BCUT2D eigenvalue weighted by Gasteiger charge is -2.17. The predicted octanol–water partition coefficient (Wildman–Crippen LogP) is 3.21. The first kappa shape index (κ1) is 15.0. The highest BCUT2D eigenvalue weighted by atomic mass is 16.5. The second-order valence-electron chi connectivity index (χ2n) is 5.14. The van der Waals surface area contributed by atoms with Crippen molar-refractivity contribution >= 4 is 18.0 Å². The van der Waals surface area contributed by atoms with E-state index in [4.69, 9.17) is 9.47 Å². The molecule has 4 heteroatoms. The molecule has 0 fully saturated rings. The van der Waals surface area contributed by atoms with Crippen LogP contribution >= 0.6 is 0 Å². The molecule has 0 heterocycles. The third kappa shape index (κ3) is 4.25. The van der Waals surface area contributed by atoms with Crippen LogP contribution in [0.2, 0.25) is 0 Å². The van der Waals surface area contributed by atoms with Gasteiger partial charge in [0.2, 0.25) is 0 Å². The molecule has 1 aromatic rings. The van der Waals surface area contributed by atoms with Crippen molar-refractivity contribution in [2.24, 2.45) is 5.41 Å². The van der Waals surface area contributed by atoms with Gasteiger partial charge in [0.25, 0.3) is 0 Å². The van der Waals surface area contributed by atoms with Gasteiger partial charge in [-0.3, -0.25) is 9.59 Å². The van der Waals surface area contributed by atoms with Gasteiger partial charge in [-0.15, -0.1) is 0 Å². The molecule has 0 aromatic heterocycles. The van der Waals surface area contributed by atoms with Crippen LogP contribution in [-0.4, -0.2) is 11.9 Å². The summed E-state index contributed by atoms with van der Waals surface area (Å²) in [6, 6.07) is 4.81. The summed E-state index contributed by atoms with van der Waals surface area (Å²) in [4.78, 5) is 22.8. The van der Waals surface area contributed by atoms with E-state index in [-0.39, 0.29) is 5.97 Å². The van der Waals surface area contributed by atoms with E-state index in [9.17, 15) is 9.59 Å². The molecular weight excluding hydrogens is 244 g/mol. The van der Waals surface area contributed by atoms with Gasteiger partial charge in [-0.1, -0.05) is 12.7 Å². The molecule has 1 aromatic carbocycles. The van der Waals surface area contributed by atoms with Crippen LogP contribution in [0.25, 0.3) is 6.08 Å². The number of hydrogen-bond donors (Lipinski definition) is 0.